The molecule has 0 spiro atoms. The Kier molecular flexibility index (Phi) is 8.21. The molecule has 12 heteroatoms. The van der Waals surface area contributed by atoms with Gasteiger partial charge in [0.05, 0.1) is 11.8 Å². The molecule has 2 N–H and O–H groups in total. The van der Waals surface area contributed by atoms with Crippen molar-refractivity contribution in [2.75, 3.05) is 44.7 Å². The number of hydrogen-bond donors (Lipinski definition) is 2. The normalized spacial score (nSPS) is 14.8. The molecule has 8 nitrogen and oxygen atoms in total. The van der Waals surface area contributed by atoms with Crippen LogP contribution < -0.4 is 10.2 Å². The maximum Gasteiger partial charge on any atom is 0.416 e. The van der Waals surface area contributed by atoms with E-state index in [2.05, 4.69) is 30.4 Å². The number of rotatable bonds is 5. The Hall–Kier alpha value is -2.77. The van der Waals surface area contributed by atoms with E-state index in [4.69, 9.17) is 4.42 Å². The van der Waals surface area contributed by atoms with Crippen molar-refractivity contribution < 1.29 is 17.6 Å². The number of nitrogens with zero attached hydrogens (tertiary/aromatic N) is 5. The predicted octanol–water partition coefficient (Wildman–Crippen LogP) is 3.64. The van der Waals surface area contributed by atoms with Gasteiger partial charge in [-0.3, -0.25) is 10.1 Å². The summed E-state index contributed by atoms with van der Waals surface area (Å²) >= 11 is 0. The first-order valence-electron chi connectivity index (χ1n) is 10.3. The first kappa shape index (κ1) is 24.9. The Morgan fingerprint density at radius 2 is 1.97 bits per heavy atom. The van der Waals surface area contributed by atoms with Gasteiger partial charge >= 0.3 is 6.18 Å². The van der Waals surface area contributed by atoms with Crippen LogP contribution in [0.15, 0.2) is 52.1 Å². The fourth-order valence-electron chi connectivity index (χ4n) is 3.60. The molecule has 0 atom stereocenters. The second-order valence-corrected chi connectivity index (χ2v) is 7.33. The Balaban J connectivity index is 0.00000306. The van der Waals surface area contributed by atoms with E-state index < -0.39 is 11.7 Å². The van der Waals surface area contributed by atoms with E-state index in [1.165, 1.54) is 12.1 Å². The van der Waals surface area contributed by atoms with E-state index in [-0.39, 0.29) is 24.0 Å². The Labute approximate surface area is 206 Å². The number of alkyl halides is 3. The number of guanidine groups is 1. The second kappa shape index (κ2) is 10.9. The summed E-state index contributed by atoms with van der Waals surface area (Å²) in [6, 6.07) is 9.04. The standard InChI is InChI=1S/C21H24F3N7O.HI/c1-25-20(26-8-7-18-27-19(29-28-18)17-6-3-13-32-17)31-11-9-30(10-12-31)16-5-2-4-15(14-16)21(22,23)24;/h2-6,13-14H,7-12H2,1H3,(H,25,26)(H,27,28,29);1H. The number of benzene rings is 1. The molecule has 1 fully saturated rings. The molecule has 0 saturated carbocycles. The van der Waals surface area contributed by atoms with Crippen molar-refractivity contribution in [1.29, 1.82) is 0 Å². The minimum Gasteiger partial charge on any atom is -0.461 e. The summed E-state index contributed by atoms with van der Waals surface area (Å²) in [6.45, 7) is 3.13. The van der Waals surface area contributed by atoms with E-state index in [1.54, 1.807) is 31.5 Å². The molecular weight excluding hydrogens is 550 g/mol. The lowest BCUT2D eigenvalue weighted by molar-refractivity contribution is -0.137. The summed E-state index contributed by atoms with van der Waals surface area (Å²) < 4.78 is 44.3. The summed E-state index contributed by atoms with van der Waals surface area (Å²) in [6.07, 6.45) is -2.15. The molecule has 0 bridgehead atoms. The van der Waals surface area contributed by atoms with Crippen molar-refractivity contribution in [3.05, 3.63) is 54.0 Å². The lowest BCUT2D eigenvalue weighted by Crippen LogP contribution is -2.52. The lowest BCUT2D eigenvalue weighted by Gasteiger charge is -2.37. The smallest absolute Gasteiger partial charge is 0.416 e. The van der Waals surface area contributed by atoms with E-state index in [0.29, 0.717) is 56.4 Å². The minimum absolute atomic E-state index is 0. The molecule has 1 saturated heterocycles. The largest absolute Gasteiger partial charge is 0.461 e. The number of furan rings is 1. The van der Waals surface area contributed by atoms with Gasteiger partial charge in [-0.2, -0.15) is 18.3 Å². The van der Waals surface area contributed by atoms with Crippen LogP contribution in [0.1, 0.15) is 11.4 Å². The molecular formula is C21H25F3IN7O. The summed E-state index contributed by atoms with van der Waals surface area (Å²) in [5, 5.41) is 10.4. The van der Waals surface area contributed by atoms with Crippen molar-refractivity contribution in [1.82, 2.24) is 25.4 Å². The van der Waals surface area contributed by atoms with E-state index >= 15 is 0 Å². The quantitative estimate of drug-likeness (QED) is 0.275. The van der Waals surface area contributed by atoms with Crippen LogP contribution in [0, 0.1) is 0 Å². The number of piperazine rings is 1. The third kappa shape index (κ3) is 6.18. The van der Waals surface area contributed by atoms with Gasteiger partial charge in [0.2, 0.25) is 5.82 Å². The van der Waals surface area contributed by atoms with Gasteiger partial charge in [-0.05, 0) is 30.3 Å². The zero-order valence-corrected chi connectivity index (χ0v) is 20.3. The molecule has 0 amide bonds. The summed E-state index contributed by atoms with van der Waals surface area (Å²) in [5.41, 5.74) is -0.0439. The van der Waals surface area contributed by atoms with Gasteiger partial charge in [0.15, 0.2) is 11.7 Å². The van der Waals surface area contributed by atoms with Crippen molar-refractivity contribution in [3.63, 3.8) is 0 Å². The molecule has 1 aliphatic rings. The fourth-order valence-corrected chi connectivity index (χ4v) is 3.60. The molecule has 1 aliphatic heterocycles. The first-order chi connectivity index (χ1) is 15.4. The molecule has 33 heavy (non-hydrogen) atoms. The molecule has 3 aromatic rings. The minimum atomic E-state index is -4.34. The van der Waals surface area contributed by atoms with Crippen LogP contribution in [0.5, 0.6) is 0 Å². The Morgan fingerprint density at radius 1 is 1.18 bits per heavy atom. The maximum atomic E-state index is 13.0. The number of halogens is 4. The van der Waals surface area contributed by atoms with Gasteiger partial charge in [-0.1, -0.05) is 6.07 Å². The van der Waals surface area contributed by atoms with Gasteiger partial charge in [-0.15, -0.1) is 24.0 Å². The van der Waals surface area contributed by atoms with Crippen molar-refractivity contribution in [2.45, 2.75) is 12.6 Å². The van der Waals surface area contributed by atoms with E-state index in [0.717, 1.165) is 17.9 Å². The maximum absolute atomic E-state index is 13.0. The zero-order valence-electron chi connectivity index (χ0n) is 18.0. The molecule has 2 aromatic heterocycles. The van der Waals surface area contributed by atoms with Gasteiger partial charge in [0, 0.05) is 51.9 Å². The molecule has 0 radical (unpaired) electrons. The van der Waals surface area contributed by atoms with E-state index in [1.807, 2.05) is 4.90 Å². The van der Waals surface area contributed by atoms with Gasteiger partial charge in [0.1, 0.15) is 5.82 Å². The number of anilines is 1. The first-order valence-corrected chi connectivity index (χ1v) is 10.3. The highest BCUT2D eigenvalue weighted by atomic mass is 127. The predicted molar refractivity (Wildman–Crippen MR) is 130 cm³/mol. The lowest BCUT2D eigenvalue weighted by atomic mass is 10.1. The van der Waals surface area contributed by atoms with Crippen LogP contribution in [-0.4, -0.2) is 65.8 Å². The van der Waals surface area contributed by atoms with Gasteiger partial charge in [0.25, 0.3) is 0 Å². The molecule has 178 valence electrons. The number of aliphatic imine (C=N–C) groups is 1. The SMILES string of the molecule is CN=C(NCCc1nc(-c2ccco2)n[nH]1)N1CCN(c2cccc(C(F)(F)F)c2)CC1.I. The van der Waals surface area contributed by atoms with Crippen molar-refractivity contribution >= 4 is 35.6 Å². The molecule has 1 aromatic carbocycles. The Morgan fingerprint density at radius 3 is 2.64 bits per heavy atom. The molecule has 3 heterocycles. The third-order valence-electron chi connectivity index (χ3n) is 5.25. The van der Waals surface area contributed by atoms with Gasteiger partial charge < -0.3 is 19.5 Å². The zero-order chi connectivity index (χ0) is 22.6. The number of hydrogen-bond acceptors (Lipinski definition) is 5. The van der Waals surface area contributed by atoms with E-state index in [9.17, 15) is 13.2 Å². The van der Waals surface area contributed by atoms with Crippen LogP contribution in [0.25, 0.3) is 11.6 Å². The Bertz CT molecular complexity index is 1040. The summed E-state index contributed by atoms with van der Waals surface area (Å²) in [7, 11) is 1.71. The fraction of sp³-hybridized carbons (Fsp3) is 0.381. The van der Waals surface area contributed by atoms with Crippen molar-refractivity contribution in [2.24, 2.45) is 4.99 Å². The summed E-state index contributed by atoms with van der Waals surface area (Å²) in [5.74, 6) is 2.60. The van der Waals surface area contributed by atoms with Crippen LogP contribution in [0.3, 0.4) is 0 Å². The molecule has 4 rings (SSSR count). The van der Waals surface area contributed by atoms with Crippen molar-refractivity contribution in [3.8, 4) is 11.6 Å². The average molecular weight is 575 g/mol. The highest BCUT2D eigenvalue weighted by Gasteiger charge is 2.31. The molecule has 0 unspecified atom stereocenters. The summed E-state index contributed by atoms with van der Waals surface area (Å²) in [4.78, 5) is 12.8. The number of H-pyrrole nitrogens is 1. The van der Waals surface area contributed by atoms with Crippen LogP contribution in [0.2, 0.25) is 0 Å². The third-order valence-corrected chi connectivity index (χ3v) is 5.25. The average Bonchev–Trinajstić information content (AvgIpc) is 3.49. The monoisotopic (exact) mass is 575 g/mol. The van der Waals surface area contributed by atoms with Crippen LogP contribution in [0.4, 0.5) is 18.9 Å². The highest BCUT2D eigenvalue weighted by molar-refractivity contribution is 14.0. The number of aromatic nitrogens is 3. The topological polar surface area (TPSA) is 85.6 Å². The van der Waals surface area contributed by atoms with Gasteiger partial charge in [-0.25, -0.2) is 4.98 Å². The highest BCUT2D eigenvalue weighted by Crippen LogP contribution is 2.31. The van der Waals surface area contributed by atoms with Crippen LogP contribution >= 0.6 is 24.0 Å². The van der Waals surface area contributed by atoms with Crippen LogP contribution in [-0.2, 0) is 12.6 Å². The second-order valence-electron chi connectivity index (χ2n) is 7.33. The number of aromatic amines is 1. The molecule has 0 aliphatic carbocycles. The number of nitrogens with one attached hydrogen (secondary N) is 2.